The molecule has 6 nitrogen and oxygen atoms in total. The van der Waals surface area contributed by atoms with Crippen LogP contribution in [-0.2, 0) is 0 Å². The zero-order valence-electron chi connectivity index (χ0n) is 9.62. The van der Waals surface area contributed by atoms with E-state index in [1.165, 1.54) is 31.6 Å². The van der Waals surface area contributed by atoms with Crippen LogP contribution in [-0.4, -0.2) is 28.1 Å². The average molecular weight is 245 g/mol. The quantitative estimate of drug-likeness (QED) is 0.854. The second-order valence-electron chi connectivity index (χ2n) is 3.41. The summed E-state index contributed by atoms with van der Waals surface area (Å²) in [4.78, 5) is 19.6. The predicted molar refractivity (Wildman–Crippen MR) is 64.6 cm³/mol. The largest absolute Gasteiger partial charge is 0.507 e. The Kier molecular flexibility index (Phi) is 3.38. The predicted octanol–water partition coefficient (Wildman–Crippen LogP) is 1.44. The van der Waals surface area contributed by atoms with Crippen LogP contribution < -0.4 is 10.1 Å². The molecule has 6 heteroatoms. The van der Waals surface area contributed by atoms with Crippen LogP contribution in [0.3, 0.4) is 0 Å². The molecule has 1 heterocycles. The van der Waals surface area contributed by atoms with Gasteiger partial charge in [-0.3, -0.25) is 10.1 Å². The number of hydrogen-bond donors (Lipinski definition) is 2. The van der Waals surface area contributed by atoms with Gasteiger partial charge in [-0.15, -0.1) is 0 Å². The van der Waals surface area contributed by atoms with Gasteiger partial charge in [-0.2, -0.15) is 0 Å². The minimum absolute atomic E-state index is 0.128. The van der Waals surface area contributed by atoms with Crippen molar-refractivity contribution in [1.82, 2.24) is 9.97 Å². The lowest BCUT2D eigenvalue weighted by molar-refractivity contribution is 0.102. The number of methoxy groups -OCH3 is 1. The number of carbonyl (C=O) groups excluding carboxylic acids is 1. The van der Waals surface area contributed by atoms with E-state index in [4.69, 9.17) is 4.74 Å². The number of nitrogens with zero attached hydrogens (tertiary/aromatic N) is 2. The number of carbonyl (C=O) groups is 1. The third kappa shape index (κ3) is 2.54. The van der Waals surface area contributed by atoms with Gasteiger partial charge in [-0.05, 0) is 18.2 Å². The minimum atomic E-state index is -0.485. The molecular formula is C12H11N3O3. The summed E-state index contributed by atoms with van der Waals surface area (Å²) in [5.41, 5.74) is 0.128. The van der Waals surface area contributed by atoms with Crippen molar-refractivity contribution >= 4 is 11.9 Å². The van der Waals surface area contributed by atoms with Gasteiger partial charge >= 0.3 is 0 Å². The van der Waals surface area contributed by atoms with Gasteiger partial charge in [0.05, 0.1) is 12.7 Å². The molecule has 92 valence electrons. The van der Waals surface area contributed by atoms with Crippen molar-refractivity contribution in [2.75, 3.05) is 12.4 Å². The minimum Gasteiger partial charge on any atom is -0.507 e. The van der Waals surface area contributed by atoms with Crippen molar-refractivity contribution in [3.8, 4) is 11.5 Å². The fourth-order valence-electron chi connectivity index (χ4n) is 1.36. The Hall–Kier alpha value is -2.63. The first kappa shape index (κ1) is 11.8. The van der Waals surface area contributed by atoms with E-state index >= 15 is 0 Å². The molecule has 0 atom stereocenters. The Labute approximate surface area is 103 Å². The summed E-state index contributed by atoms with van der Waals surface area (Å²) in [6, 6.07) is 6.05. The molecule has 1 amide bonds. The number of benzene rings is 1. The zero-order chi connectivity index (χ0) is 13.0. The molecular weight excluding hydrogens is 234 g/mol. The smallest absolute Gasteiger partial charge is 0.261 e. The molecule has 0 aliphatic heterocycles. The summed E-state index contributed by atoms with van der Waals surface area (Å²) < 4.78 is 4.93. The highest BCUT2D eigenvalue weighted by molar-refractivity contribution is 6.05. The second-order valence-corrected chi connectivity index (χ2v) is 3.41. The van der Waals surface area contributed by atoms with E-state index in [2.05, 4.69) is 15.3 Å². The Balaban J connectivity index is 2.19. The lowest BCUT2D eigenvalue weighted by Gasteiger charge is -2.06. The van der Waals surface area contributed by atoms with Crippen LogP contribution in [0.25, 0.3) is 0 Å². The standard InChI is InChI=1S/C12H11N3O3/c1-18-8-3-4-9(10(16)7-8)11(17)15-12-13-5-2-6-14-12/h2-7,16H,1H3,(H,13,14,15,17). The zero-order valence-corrected chi connectivity index (χ0v) is 9.62. The number of aromatic hydroxyl groups is 1. The van der Waals surface area contributed by atoms with Gasteiger partial charge in [0.1, 0.15) is 11.5 Å². The summed E-state index contributed by atoms with van der Waals surface area (Å²) in [6.45, 7) is 0. The number of nitrogens with one attached hydrogen (secondary N) is 1. The van der Waals surface area contributed by atoms with Gasteiger partial charge in [0.15, 0.2) is 0 Å². The summed E-state index contributed by atoms with van der Waals surface area (Å²) >= 11 is 0. The number of phenols is 1. The normalized spacial score (nSPS) is 9.83. The summed E-state index contributed by atoms with van der Waals surface area (Å²) in [5, 5.41) is 12.2. The second kappa shape index (κ2) is 5.13. The number of hydrogen-bond acceptors (Lipinski definition) is 5. The highest BCUT2D eigenvalue weighted by Crippen LogP contribution is 2.23. The van der Waals surface area contributed by atoms with E-state index in [1.54, 1.807) is 12.1 Å². The van der Waals surface area contributed by atoms with E-state index in [-0.39, 0.29) is 17.3 Å². The summed E-state index contributed by atoms with van der Waals surface area (Å²) in [5.74, 6) is 0.00173. The number of amides is 1. The van der Waals surface area contributed by atoms with Crippen molar-refractivity contribution in [1.29, 1.82) is 0 Å². The van der Waals surface area contributed by atoms with Crippen LogP contribution in [0.5, 0.6) is 11.5 Å². The Morgan fingerprint density at radius 3 is 2.67 bits per heavy atom. The molecule has 0 bridgehead atoms. The molecule has 0 spiro atoms. The van der Waals surface area contributed by atoms with Gasteiger partial charge in [0, 0.05) is 18.5 Å². The number of aromatic nitrogens is 2. The molecule has 18 heavy (non-hydrogen) atoms. The van der Waals surface area contributed by atoms with E-state index in [0.717, 1.165) is 0 Å². The van der Waals surface area contributed by atoms with E-state index in [9.17, 15) is 9.90 Å². The number of anilines is 1. The first-order chi connectivity index (χ1) is 8.70. The number of ether oxygens (including phenoxy) is 1. The molecule has 1 aromatic heterocycles. The number of phenolic OH excluding ortho intramolecular Hbond substituents is 1. The summed E-state index contributed by atoms with van der Waals surface area (Å²) in [6.07, 6.45) is 3.02. The average Bonchev–Trinajstić information content (AvgIpc) is 2.39. The van der Waals surface area contributed by atoms with E-state index in [0.29, 0.717) is 5.75 Å². The SMILES string of the molecule is COc1ccc(C(=O)Nc2ncccn2)c(O)c1. The highest BCUT2D eigenvalue weighted by atomic mass is 16.5. The van der Waals surface area contributed by atoms with Crippen LogP contribution in [0, 0.1) is 0 Å². The Bertz CT molecular complexity index is 558. The van der Waals surface area contributed by atoms with Crippen LogP contribution in [0.1, 0.15) is 10.4 Å². The molecule has 2 rings (SSSR count). The first-order valence-electron chi connectivity index (χ1n) is 5.16. The molecule has 0 saturated carbocycles. The third-order valence-corrected chi connectivity index (χ3v) is 2.24. The molecule has 0 aliphatic rings. The van der Waals surface area contributed by atoms with Crippen LogP contribution in [0.15, 0.2) is 36.7 Å². The molecule has 0 aliphatic carbocycles. The molecule has 0 unspecified atom stereocenters. The molecule has 2 aromatic rings. The van der Waals surface area contributed by atoms with Gasteiger partial charge in [0.25, 0.3) is 5.91 Å². The maximum atomic E-state index is 11.8. The fourth-order valence-corrected chi connectivity index (χ4v) is 1.36. The molecule has 1 aromatic carbocycles. The molecule has 0 saturated heterocycles. The van der Waals surface area contributed by atoms with Crippen molar-refractivity contribution in [3.63, 3.8) is 0 Å². The monoisotopic (exact) mass is 245 g/mol. The summed E-state index contributed by atoms with van der Waals surface area (Å²) in [7, 11) is 1.48. The lowest BCUT2D eigenvalue weighted by atomic mass is 10.2. The van der Waals surface area contributed by atoms with Crippen molar-refractivity contribution in [2.24, 2.45) is 0 Å². The third-order valence-electron chi connectivity index (χ3n) is 2.24. The Morgan fingerprint density at radius 2 is 2.06 bits per heavy atom. The molecule has 0 radical (unpaired) electrons. The van der Waals surface area contributed by atoms with Crippen molar-refractivity contribution in [3.05, 3.63) is 42.2 Å². The van der Waals surface area contributed by atoms with Gasteiger partial charge < -0.3 is 9.84 Å². The molecule has 2 N–H and O–H groups in total. The number of rotatable bonds is 3. The van der Waals surface area contributed by atoms with Gasteiger partial charge in [-0.1, -0.05) is 0 Å². The van der Waals surface area contributed by atoms with E-state index < -0.39 is 5.91 Å². The van der Waals surface area contributed by atoms with Crippen molar-refractivity contribution < 1.29 is 14.6 Å². The lowest BCUT2D eigenvalue weighted by Crippen LogP contribution is -2.14. The van der Waals surface area contributed by atoms with Crippen LogP contribution in [0.4, 0.5) is 5.95 Å². The first-order valence-corrected chi connectivity index (χ1v) is 5.16. The van der Waals surface area contributed by atoms with Gasteiger partial charge in [0.2, 0.25) is 5.95 Å². The molecule has 0 fully saturated rings. The van der Waals surface area contributed by atoms with Gasteiger partial charge in [-0.25, -0.2) is 9.97 Å². The fraction of sp³-hybridized carbons (Fsp3) is 0.0833. The highest BCUT2D eigenvalue weighted by Gasteiger charge is 2.12. The van der Waals surface area contributed by atoms with Crippen molar-refractivity contribution in [2.45, 2.75) is 0 Å². The Morgan fingerprint density at radius 1 is 1.33 bits per heavy atom. The topological polar surface area (TPSA) is 84.3 Å². The maximum absolute atomic E-state index is 11.8. The maximum Gasteiger partial charge on any atom is 0.261 e. The van der Waals surface area contributed by atoms with Crippen LogP contribution >= 0.6 is 0 Å². The van der Waals surface area contributed by atoms with E-state index in [1.807, 2.05) is 0 Å². The van der Waals surface area contributed by atoms with Crippen LogP contribution in [0.2, 0.25) is 0 Å².